The number of nitrogens with two attached hydrogens (primary N) is 1. The highest BCUT2D eigenvalue weighted by Gasteiger charge is 2.00. The molecule has 0 saturated heterocycles. The van der Waals surface area contributed by atoms with Crippen LogP contribution in [0.1, 0.15) is 5.56 Å². The van der Waals surface area contributed by atoms with Gasteiger partial charge in [-0.1, -0.05) is 12.2 Å². The van der Waals surface area contributed by atoms with Crippen molar-refractivity contribution in [2.45, 2.75) is 0 Å². The van der Waals surface area contributed by atoms with Crippen LogP contribution >= 0.6 is 28.1 Å². The van der Waals surface area contributed by atoms with Gasteiger partial charge in [0.2, 0.25) is 0 Å². The molecule has 0 fully saturated rings. The van der Waals surface area contributed by atoms with Crippen LogP contribution in [-0.2, 0) is 0 Å². The molecule has 0 amide bonds. The van der Waals surface area contributed by atoms with E-state index in [1.165, 1.54) is 0 Å². The standard InChI is InChI=1S/C12H9BrN2OS/c13-9-5-11(7-15-6-9)16-10-3-1-8(2-4-10)12(14)17/h1-7H,(H2,14,17). The fourth-order valence-electron chi connectivity index (χ4n) is 1.27. The smallest absolute Gasteiger partial charge is 0.146 e. The SMILES string of the molecule is NC(=S)c1ccc(Oc2cncc(Br)c2)cc1. The van der Waals surface area contributed by atoms with Gasteiger partial charge in [0.15, 0.2) is 0 Å². The number of hydrogen-bond acceptors (Lipinski definition) is 3. The third-order valence-electron chi connectivity index (χ3n) is 2.05. The summed E-state index contributed by atoms with van der Waals surface area (Å²) in [6.07, 6.45) is 3.34. The minimum absolute atomic E-state index is 0.376. The van der Waals surface area contributed by atoms with Crippen molar-refractivity contribution in [2.75, 3.05) is 0 Å². The van der Waals surface area contributed by atoms with Crippen LogP contribution in [-0.4, -0.2) is 9.97 Å². The van der Waals surface area contributed by atoms with Crippen molar-refractivity contribution in [2.24, 2.45) is 5.73 Å². The number of thiocarbonyl (C=S) groups is 1. The Labute approximate surface area is 113 Å². The van der Waals surface area contributed by atoms with E-state index in [1.54, 1.807) is 12.4 Å². The lowest BCUT2D eigenvalue weighted by Gasteiger charge is -2.06. The highest BCUT2D eigenvalue weighted by molar-refractivity contribution is 9.10. The second kappa shape index (κ2) is 5.25. The summed E-state index contributed by atoms with van der Waals surface area (Å²) in [4.78, 5) is 4.39. The Kier molecular flexibility index (Phi) is 3.71. The molecule has 0 radical (unpaired) electrons. The largest absolute Gasteiger partial charge is 0.456 e. The summed E-state index contributed by atoms with van der Waals surface area (Å²) in [6, 6.07) is 9.12. The van der Waals surface area contributed by atoms with Crippen molar-refractivity contribution in [1.82, 2.24) is 4.98 Å². The maximum Gasteiger partial charge on any atom is 0.146 e. The van der Waals surface area contributed by atoms with Crippen molar-refractivity contribution in [1.29, 1.82) is 0 Å². The van der Waals surface area contributed by atoms with Crippen LogP contribution in [0, 0.1) is 0 Å². The zero-order valence-electron chi connectivity index (χ0n) is 8.76. The molecule has 0 aliphatic carbocycles. The van der Waals surface area contributed by atoms with E-state index >= 15 is 0 Å². The van der Waals surface area contributed by atoms with E-state index in [4.69, 9.17) is 22.7 Å². The van der Waals surface area contributed by atoms with Gasteiger partial charge in [0.1, 0.15) is 16.5 Å². The molecular formula is C12H9BrN2OS. The second-order valence-corrected chi connectivity index (χ2v) is 4.69. The van der Waals surface area contributed by atoms with Crippen molar-refractivity contribution in [3.63, 3.8) is 0 Å². The van der Waals surface area contributed by atoms with Gasteiger partial charge >= 0.3 is 0 Å². The Hall–Kier alpha value is -1.46. The monoisotopic (exact) mass is 308 g/mol. The molecule has 0 bridgehead atoms. The molecule has 0 aliphatic rings. The maximum atomic E-state index is 5.62. The average Bonchev–Trinajstić information content (AvgIpc) is 2.29. The summed E-state index contributed by atoms with van der Waals surface area (Å²) >= 11 is 8.20. The van der Waals surface area contributed by atoms with Gasteiger partial charge in [-0.15, -0.1) is 0 Å². The topological polar surface area (TPSA) is 48.1 Å². The summed E-state index contributed by atoms with van der Waals surface area (Å²) in [7, 11) is 0. The van der Waals surface area contributed by atoms with Gasteiger partial charge in [-0.05, 0) is 46.3 Å². The number of pyridine rings is 1. The predicted octanol–water partition coefficient (Wildman–Crippen LogP) is 3.27. The number of hydrogen-bond donors (Lipinski definition) is 1. The van der Waals surface area contributed by atoms with Crippen LogP contribution in [0.5, 0.6) is 11.5 Å². The van der Waals surface area contributed by atoms with Gasteiger partial charge in [-0.3, -0.25) is 4.98 Å². The lowest BCUT2D eigenvalue weighted by Crippen LogP contribution is -2.08. The van der Waals surface area contributed by atoms with Crippen LogP contribution in [0.3, 0.4) is 0 Å². The average molecular weight is 309 g/mol. The van der Waals surface area contributed by atoms with Crippen molar-refractivity contribution >= 4 is 33.1 Å². The van der Waals surface area contributed by atoms with Crippen molar-refractivity contribution < 1.29 is 4.74 Å². The molecule has 3 nitrogen and oxygen atoms in total. The number of ether oxygens (including phenoxy) is 1. The summed E-state index contributed by atoms with van der Waals surface area (Å²) in [5.41, 5.74) is 6.33. The number of rotatable bonds is 3. The molecule has 86 valence electrons. The molecule has 1 aromatic heterocycles. The first-order chi connectivity index (χ1) is 8.15. The quantitative estimate of drug-likeness (QED) is 0.884. The Balaban J connectivity index is 2.16. The molecule has 2 aromatic rings. The van der Waals surface area contributed by atoms with E-state index in [-0.39, 0.29) is 0 Å². The van der Waals surface area contributed by atoms with Gasteiger partial charge < -0.3 is 10.5 Å². The molecular weight excluding hydrogens is 300 g/mol. The minimum atomic E-state index is 0.376. The van der Waals surface area contributed by atoms with Gasteiger partial charge in [0.25, 0.3) is 0 Å². The molecule has 0 spiro atoms. The van der Waals surface area contributed by atoms with Crippen LogP contribution < -0.4 is 10.5 Å². The Morgan fingerprint density at radius 1 is 1.18 bits per heavy atom. The van der Waals surface area contributed by atoms with E-state index in [1.807, 2.05) is 30.3 Å². The molecule has 0 unspecified atom stereocenters. The molecule has 0 aliphatic heterocycles. The molecule has 2 N–H and O–H groups in total. The number of aromatic nitrogens is 1. The number of halogens is 1. The van der Waals surface area contributed by atoms with Crippen molar-refractivity contribution in [3.8, 4) is 11.5 Å². The first kappa shape index (κ1) is 12.0. The number of nitrogens with zero attached hydrogens (tertiary/aromatic N) is 1. The third-order valence-corrected chi connectivity index (χ3v) is 2.72. The van der Waals surface area contributed by atoms with E-state index < -0.39 is 0 Å². The summed E-state index contributed by atoms with van der Waals surface area (Å²) < 4.78 is 6.49. The normalized spacial score (nSPS) is 9.94. The van der Waals surface area contributed by atoms with Crippen LogP contribution in [0.25, 0.3) is 0 Å². The van der Waals surface area contributed by atoms with E-state index in [9.17, 15) is 0 Å². The third kappa shape index (κ3) is 3.25. The predicted molar refractivity (Wildman–Crippen MR) is 74.3 cm³/mol. The van der Waals surface area contributed by atoms with E-state index in [2.05, 4.69) is 20.9 Å². The van der Waals surface area contributed by atoms with Gasteiger partial charge in [-0.25, -0.2) is 0 Å². The van der Waals surface area contributed by atoms with Crippen LogP contribution in [0.4, 0.5) is 0 Å². The molecule has 0 saturated carbocycles. The highest BCUT2D eigenvalue weighted by atomic mass is 79.9. The Morgan fingerprint density at radius 3 is 2.47 bits per heavy atom. The van der Waals surface area contributed by atoms with Crippen LogP contribution in [0.15, 0.2) is 47.2 Å². The maximum absolute atomic E-state index is 5.62. The van der Waals surface area contributed by atoms with Crippen molar-refractivity contribution in [3.05, 3.63) is 52.8 Å². The summed E-state index contributed by atoms with van der Waals surface area (Å²) in [5.74, 6) is 1.38. The Bertz CT molecular complexity index is 542. The molecule has 0 atom stereocenters. The lowest BCUT2D eigenvalue weighted by atomic mass is 10.2. The zero-order chi connectivity index (χ0) is 12.3. The molecule has 17 heavy (non-hydrogen) atoms. The number of benzene rings is 1. The molecule has 5 heteroatoms. The van der Waals surface area contributed by atoms with E-state index in [0.29, 0.717) is 16.5 Å². The fourth-order valence-corrected chi connectivity index (χ4v) is 1.75. The fraction of sp³-hybridized carbons (Fsp3) is 0. The van der Waals surface area contributed by atoms with Gasteiger partial charge in [0, 0.05) is 16.2 Å². The Morgan fingerprint density at radius 2 is 1.88 bits per heavy atom. The molecule has 2 rings (SSSR count). The summed E-state index contributed by atoms with van der Waals surface area (Å²) in [6.45, 7) is 0. The van der Waals surface area contributed by atoms with Gasteiger partial charge in [-0.2, -0.15) is 0 Å². The summed E-state index contributed by atoms with van der Waals surface area (Å²) in [5, 5.41) is 0. The van der Waals surface area contributed by atoms with Crippen LogP contribution in [0.2, 0.25) is 0 Å². The lowest BCUT2D eigenvalue weighted by molar-refractivity contribution is 0.480. The zero-order valence-corrected chi connectivity index (χ0v) is 11.2. The first-order valence-electron chi connectivity index (χ1n) is 4.83. The first-order valence-corrected chi connectivity index (χ1v) is 6.03. The minimum Gasteiger partial charge on any atom is -0.456 e. The molecule has 1 aromatic carbocycles. The highest BCUT2D eigenvalue weighted by Crippen LogP contribution is 2.23. The van der Waals surface area contributed by atoms with E-state index in [0.717, 1.165) is 10.0 Å². The molecule has 1 heterocycles. The van der Waals surface area contributed by atoms with Gasteiger partial charge in [0.05, 0.1) is 6.20 Å². The second-order valence-electron chi connectivity index (χ2n) is 3.33.